The average molecular weight is 234 g/mol. The Hall–Kier alpha value is -1.41. The molecule has 3 N–H and O–H groups in total. The zero-order valence-corrected chi connectivity index (χ0v) is 9.97. The summed E-state index contributed by atoms with van der Waals surface area (Å²) in [5.74, 6) is 0. The Morgan fingerprint density at radius 3 is 2.94 bits per heavy atom. The Morgan fingerprint density at radius 2 is 2.29 bits per heavy atom. The molecule has 2 atom stereocenters. The summed E-state index contributed by atoms with van der Waals surface area (Å²) in [6.45, 7) is 0.589. The zero-order valence-electron chi connectivity index (χ0n) is 9.97. The van der Waals surface area contributed by atoms with Crippen LogP contribution < -0.4 is 5.73 Å². The number of nitriles is 1. The van der Waals surface area contributed by atoms with Gasteiger partial charge in [-0.15, -0.1) is 0 Å². The average Bonchev–Trinajstić information content (AvgIpc) is 2.36. The molecule has 4 heteroatoms. The smallest absolute Gasteiger partial charge is 0.0991 e. The molecule has 1 aromatic rings. The molecule has 0 bridgehead atoms. The van der Waals surface area contributed by atoms with E-state index in [0.29, 0.717) is 25.0 Å². The van der Waals surface area contributed by atoms with E-state index in [1.165, 1.54) is 0 Å². The molecular weight excluding hydrogens is 216 g/mol. The number of aliphatic hydroxyl groups is 1. The summed E-state index contributed by atoms with van der Waals surface area (Å²) in [5.41, 5.74) is 7.14. The van der Waals surface area contributed by atoms with Gasteiger partial charge in [-0.25, -0.2) is 0 Å². The molecule has 0 radical (unpaired) electrons. The van der Waals surface area contributed by atoms with Crippen LogP contribution in [0.3, 0.4) is 0 Å². The number of hydrogen-bond donors (Lipinski definition) is 2. The maximum atomic E-state index is 9.98. The summed E-state index contributed by atoms with van der Waals surface area (Å²) in [6.07, 6.45) is 0.555. The molecule has 2 unspecified atom stereocenters. The Morgan fingerprint density at radius 1 is 1.53 bits per heavy atom. The predicted octanol–water partition coefficient (Wildman–Crippen LogP) is 1.35. The van der Waals surface area contributed by atoms with E-state index in [0.717, 1.165) is 5.56 Å². The van der Waals surface area contributed by atoms with Gasteiger partial charge >= 0.3 is 0 Å². The third-order valence-electron chi connectivity index (χ3n) is 2.62. The van der Waals surface area contributed by atoms with Gasteiger partial charge in [-0.05, 0) is 30.5 Å². The summed E-state index contributed by atoms with van der Waals surface area (Å²) in [4.78, 5) is 0. The first kappa shape index (κ1) is 13.7. The van der Waals surface area contributed by atoms with Crippen molar-refractivity contribution in [2.75, 3.05) is 13.7 Å². The summed E-state index contributed by atoms with van der Waals surface area (Å²) in [5, 5.41) is 18.7. The second-order valence-corrected chi connectivity index (χ2v) is 4.03. The monoisotopic (exact) mass is 234 g/mol. The van der Waals surface area contributed by atoms with E-state index in [1.54, 1.807) is 31.4 Å². The summed E-state index contributed by atoms with van der Waals surface area (Å²) in [7, 11) is 1.62. The van der Waals surface area contributed by atoms with Crippen molar-refractivity contribution in [2.24, 2.45) is 5.73 Å². The second-order valence-electron chi connectivity index (χ2n) is 4.03. The van der Waals surface area contributed by atoms with Crippen molar-refractivity contribution in [3.63, 3.8) is 0 Å². The fourth-order valence-electron chi connectivity index (χ4n) is 1.63. The van der Waals surface area contributed by atoms with Crippen LogP contribution in [-0.4, -0.2) is 24.9 Å². The lowest BCUT2D eigenvalue weighted by Crippen LogP contribution is -2.24. The molecule has 92 valence electrons. The lowest BCUT2D eigenvalue weighted by Gasteiger charge is -2.16. The molecular formula is C13H18N2O2. The first-order chi connectivity index (χ1) is 8.17. The minimum absolute atomic E-state index is 0.101. The van der Waals surface area contributed by atoms with Gasteiger partial charge in [-0.1, -0.05) is 12.1 Å². The number of methoxy groups -OCH3 is 1. The van der Waals surface area contributed by atoms with Crippen molar-refractivity contribution >= 4 is 0 Å². The highest BCUT2D eigenvalue weighted by Crippen LogP contribution is 2.19. The fourth-order valence-corrected chi connectivity index (χ4v) is 1.63. The van der Waals surface area contributed by atoms with Crippen LogP contribution in [0.15, 0.2) is 24.3 Å². The largest absolute Gasteiger partial charge is 0.388 e. The van der Waals surface area contributed by atoms with Crippen molar-refractivity contribution in [3.8, 4) is 6.07 Å². The lowest BCUT2D eigenvalue weighted by atomic mass is 9.99. The molecule has 0 aliphatic heterocycles. The van der Waals surface area contributed by atoms with Gasteiger partial charge in [0.1, 0.15) is 0 Å². The molecule has 17 heavy (non-hydrogen) atoms. The van der Waals surface area contributed by atoms with E-state index < -0.39 is 6.10 Å². The number of benzene rings is 1. The number of rotatable bonds is 6. The molecule has 0 fully saturated rings. The van der Waals surface area contributed by atoms with E-state index >= 15 is 0 Å². The minimum atomic E-state index is -0.629. The van der Waals surface area contributed by atoms with Crippen LogP contribution in [0.2, 0.25) is 0 Å². The Balaban J connectivity index is 2.57. The second kappa shape index (κ2) is 7.02. The Labute approximate surface area is 102 Å². The number of nitrogens with zero attached hydrogens (tertiary/aromatic N) is 1. The van der Waals surface area contributed by atoms with Crippen molar-refractivity contribution in [1.29, 1.82) is 5.26 Å². The molecule has 4 nitrogen and oxygen atoms in total. The maximum Gasteiger partial charge on any atom is 0.0991 e. The van der Waals surface area contributed by atoms with Crippen LogP contribution in [0.4, 0.5) is 0 Å². The van der Waals surface area contributed by atoms with Gasteiger partial charge in [0.25, 0.3) is 0 Å². The normalized spacial score (nSPS) is 14.0. The van der Waals surface area contributed by atoms with E-state index in [1.807, 2.05) is 6.07 Å². The van der Waals surface area contributed by atoms with Crippen LogP contribution in [0.25, 0.3) is 0 Å². The van der Waals surface area contributed by atoms with E-state index in [9.17, 15) is 5.11 Å². The standard InChI is InChI=1S/C13H18N2O2/c1-17-6-5-12(15)8-13(16)11-4-2-3-10(7-11)9-14/h2-4,7,12-13,16H,5-6,8,15H2,1H3. The van der Waals surface area contributed by atoms with Crippen LogP contribution in [-0.2, 0) is 4.74 Å². The van der Waals surface area contributed by atoms with E-state index in [4.69, 9.17) is 15.7 Å². The molecule has 0 saturated heterocycles. The van der Waals surface area contributed by atoms with Crippen LogP contribution in [0.5, 0.6) is 0 Å². The number of hydrogen-bond acceptors (Lipinski definition) is 4. The Bertz CT molecular complexity index is 387. The molecule has 1 aromatic carbocycles. The van der Waals surface area contributed by atoms with Gasteiger partial charge in [0.15, 0.2) is 0 Å². The van der Waals surface area contributed by atoms with Gasteiger partial charge in [0, 0.05) is 19.8 Å². The molecule has 0 aliphatic carbocycles. The van der Waals surface area contributed by atoms with Gasteiger partial charge in [-0.2, -0.15) is 5.26 Å². The van der Waals surface area contributed by atoms with Gasteiger partial charge in [0.05, 0.1) is 17.7 Å². The third kappa shape index (κ3) is 4.53. The first-order valence-electron chi connectivity index (χ1n) is 5.60. The topological polar surface area (TPSA) is 79.3 Å². The molecule has 0 spiro atoms. The van der Waals surface area contributed by atoms with Crippen LogP contribution in [0.1, 0.15) is 30.1 Å². The quantitative estimate of drug-likeness (QED) is 0.778. The molecule has 0 heterocycles. The summed E-state index contributed by atoms with van der Waals surface area (Å²) >= 11 is 0. The summed E-state index contributed by atoms with van der Waals surface area (Å²) < 4.78 is 4.93. The lowest BCUT2D eigenvalue weighted by molar-refractivity contribution is 0.141. The Kier molecular flexibility index (Phi) is 5.64. The minimum Gasteiger partial charge on any atom is -0.388 e. The third-order valence-corrected chi connectivity index (χ3v) is 2.62. The predicted molar refractivity (Wildman–Crippen MR) is 65.2 cm³/mol. The van der Waals surface area contributed by atoms with E-state index in [2.05, 4.69) is 0 Å². The first-order valence-corrected chi connectivity index (χ1v) is 5.60. The molecule has 0 aromatic heterocycles. The van der Waals surface area contributed by atoms with Crippen molar-refractivity contribution in [2.45, 2.75) is 25.0 Å². The highest BCUT2D eigenvalue weighted by Gasteiger charge is 2.13. The van der Waals surface area contributed by atoms with Gasteiger partial charge in [-0.3, -0.25) is 0 Å². The SMILES string of the molecule is COCCC(N)CC(O)c1cccc(C#N)c1. The molecule has 0 amide bonds. The number of nitrogens with two attached hydrogens (primary N) is 1. The van der Waals surface area contributed by atoms with Gasteiger partial charge < -0.3 is 15.6 Å². The molecule has 0 aliphatic rings. The highest BCUT2D eigenvalue weighted by molar-refractivity contribution is 5.33. The highest BCUT2D eigenvalue weighted by atomic mass is 16.5. The maximum absolute atomic E-state index is 9.98. The van der Waals surface area contributed by atoms with Gasteiger partial charge in [0.2, 0.25) is 0 Å². The van der Waals surface area contributed by atoms with Crippen LogP contribution in [0, 0.1) is 11.3 Å². The van der Waals surface area contributed by atoms with E-state index in [-0.39, 0.29) is 6.04 Å². The molecule has 1 rings (SSSR count). The summed E-state index contributed by atoms with van der Waals surface area (Å²) in [6, 6.07) is 8.91. The number of ether oxygens (including phenoxy) is 1. The van der Waals surface area contributed by atoms with Crippen LogP contribution >= 0.6 is 0 Å². The zero-order chi connectivity index (χ0) is 12.7. The van der Waals surface area contributed by atoms with Crippen molar-refractivity contribution < 1.29 is 9.84 Å². The number of aliphatic hydroxyl groups excluding tert-OH is 1. The van der Waals surface area contributed by atoms with Crippen molar-refractivity contribution in [1.82, 2.24) is 0 Å². The van der Waals surface area contributed by atoms with Crippen molar-refractivity contribution in [3.05, 3.63) is 35.4 Å². The fraction of sp³-hybridized carbons (Fsp3) is 0.462. The molecule has 0 saturated carbocycles.